The fourth-order valence-electron chi connectivity index (χ4n) is 2.82. The molecule has 2 amide bonds. The Bertz CT molecular complexity index is 795. The maximum Gasteiger partial charge on any atom is 0.354 e. The number of rotatable bonds is 3. The molecule has 0 radical (unpaired) electrons. The lowest BCUT2D eigenvalue weighted by molar-refractivity contribution is -0.132. The highest BCUT2D eigenvalue weighted by Gasteiger charge is 2.61. The van der Waals surface area contributed by atoms with Gasteiger partial charge in [0.1, 0.15) is 0 Å². The Hall–Kier alpha value is -2.62. The van der Waals surface area contributed by atoms with Gasteiger partial charge in [0.25, 0.3) is 5.91 Å². The first kappa shape index (κ1) is 16.2. The van der Waals surface area contributed by atoms with Crippen LogP contribution in [0.1, 0.15) is 12.8 Å². The van der Waals surface area contributed by atoms with Crippen LogP contribution in [-0.4, -0.2) is 41.3 Å². The number of ether oxygens (including phenoxy) is 1. The molecule has 1 spiro atoms. The number of nitrogens with zero attached hydrogens (tertiary/aromatic N) is 4. The first-order chi connectivity index (χ1) is 11.4. The maximum absolute atomic E-state index is 12.9. The quantitative estimate of drug-likeness (QED) is 0.435. The second-order valence-corrected chi connectivity index (χ2v) is 6.22. The lowest BCUT2D eigenvalue weighted by Gasteiger charge is -2.24. The minimum atomic E-state index is -1.62. The van der Waals surface area contributed by atoms with Crippen molar-refractivity contribution in [1.82, 2.24) is 5.12 Å². The molecule has 2 heterocycles. The predicted octanol–water partition coefficient (Wildman–Crippen LogP) is 1.37. The van der Waals surface area contributed by atoms with Crippen molar-refractivity contribution in [1.29, 1.82) is 0 Å². The molecule has 124 valence electrons. The average Bonchev–Trinajstić information content (AvgIpc) is 3.05. The summed E-state index contributed by atoms with van der Waals surface area (Å²) in [6.45, 7) is 0. The van der Waals surface area contributed by atoms with E-state index in [2.05, 4.69) is 31.1 Å². The molecule has 1 fully saturated rings. The Morgan fingerprint density at radius 3 is 2.75 bits per heavy atom. The number of imide groups is 1. The van der Waals surface area contributed by atoms with Crippen molar-refractivity contribution >= 4 is 45.1 Å². The van der Waals surface area contributed by atoms with Gasteiger partial charge in [-0.25, -0.2) is 9.69 Å². The van der Waals surface area contributed by atoms with Crippen LogP contribution < -0.4 is 4.90 Å². The molecule has 9 nitrogen and oxygen atoms in total. The minimum absolute atomic E-state index is 0.130. The zero-order valence-electron chi connectivity index (χ0n) is 12.4. The molecule has 1 aromatic carbocycles. The smallest absolute Gasteiger partial charge is 0.354 e. The number of benzene rings is 1. The van der Waals surface area contributed by atoms with E-state index >= 15 is 0 Å². The molecule has 1 aromatic rings. The zero-order chi connectivity index (χ0) is 17.5. The van der Waals surface area contributed by atoms with Gasteiger partial charge >= 0.3 is 5.97 Å². The van der Waals surface area contributed by atoms with Gasteiger partial charge in [-0.1, -0.05) is 22.0 Å². The third-order valence-electron chi connectivity index (χ3n) is 3.92. The van der Waals surface area contributed by atoms with Crippen LogP contribution in [0, 0.1) is 4.91 Å². The minimum Gasteiger partial charge on any atom is -0.464 e. The number of halogens is 1. The number of anilines is 1. The van der Waals surface area contributed by atoms with Gasteiger partial charge in [0, 0.05) is 10.9 Å². The van der Waals surface area contributed by atoms with Gasteiger partial charge in [-0.3, -0.25) is 9.59 Å². The summed E-state index contributed by atoms with van der Waals surface area (Å²) in [5.41, 5.74) is -1.40. The van der Waals surface area contributed by atoms with Gasteiger partial charge in [-0.15, -0.1) is 15.1 Å². The first-order valence-corrected chi connectivity index (χ1v) is 7.64. The van der Waals surface area contributed by atoms with E-state index in [9.17, 15) is 19.3 Å². The molecule has 1 atom stereocenters. The van der Waals surface area contributed by atoms with Gasteiger partial charge in [-0.2, -0.15) is 0 Å². The fourth-order valence-corrected chi connectivity index (χ4v) is 3.20. The molecule has 0 bridgehead atoms. The highest BCUT2D eigenvalue weighted by atomic mass is 79.9. The Morgan fingerprint density at radius 1 is 1.38 bits per heavy atom. The highest BCUT2D eigenvalue weighted by Crippen LogP contribution is 2.40. The van der Waals surface area contributed by atoms with Crippen LogP contribution in [0.5, 0.6) is 0 Å². The summed E-state index contributed by atoms with van der Waals surface area (Å²) < 4.78 is 5.25. The van der Waals surface area contributed by atoms with E-state index in [1.54, 1.807) is 24.3 Å². The molecule has 0 unspecified atom stereocenters. The normalized spacial score (nSPS) is 23.0. The third-order valence-corrected chi connectivity index (χ3v) is 4.41. The molecule has 0 N–H and O–H groups in total. The van der Waals surface area contributed by atoms with Crippen molar-refractivity contribution in [3.8, 4) is 0 Å². The van der Waals surface area contributed by atoms with Crippen molar-refractivity contribution in [2.45, 2.75) is 18.4 Å². The van der Waals surface area contributed by atoms with Crippen molar-refractivity contribution in [2.24, 2.45) is 10.4 Å². The molecule has 2 aliphatic heterocycles. The summed E-state index contributed by atoms with van der Waals surface area (Å²) >= 11 is 3.28. The van der Waals surface area contributed by atoms with E-state index in [4.69, 9.17) is 0 Å². The molecule has 0 saturated carbocycles. The van der Waals surface area contributed by atoms with Crippen LogP contribution >= 0.6 is 15.9 Å². The molecule has 1 saturated heterocycles. The van der Waals surface area contributed by atoms with Gasteiger partial charge in [0.2, 0.25) is 5.91 Å². The standard InChI is InChI=1S/C14H11BrN4O5/c1-24-12(21)10-6-14(19(16-10)17-23)7-11(20)18(13(14)22)9-4-2-3-8(15)5-9/h2-5H,6-7H2,1H3/t14-/m0/s1. The monoisotopic (exact) mass is 394 g/mol. The number of esters is 1. The Labute approximate surface area is 144 Å². The van der Waals surface area contributed by atoms with E-state index in [0.29, 0.717) is 15.3 Å². The molecule has 10 heteroatoms. The highest BCUT2D eigenvalue weighted by molar-refractivity contribution is 9.10. The molecule has 24 heavy (non-hydrogen) atoms. The second-order valence-electron chi connectivity index (χ2n) is 5.31. The number of hydrogen-bond donors (Lipinski definition) is 0. The molecule has 0 aliphatic carbocycles. The van der Waals surface area contributed by atoms with E-state index in [1.165, 1.54) is 0 Å². The van der Waals surface area contributed by atoms with Crippen LogP contribution in [0.3, 0.4) is 0 Å². The Morgan fingerprint density at radius 2 is 2.12 bits per heavy atom. The molecule has 3 rings (SSSR count). The topological polar surface area (TPSA) is 109 Å². The average molecular weight is 395 g/mol. The number of hydrazone groups is 1. The molecular formula is C14H11BrN4O5. The lowest BCUT2D eigenvalue weighted by Crippen LogP contribution is -2.48. The summed E-state index contributed by atoms with van der Waals surface area (Å²) in [6.07, 6.45) is -0.533. The van der Waals surface area contributed by atoms with Crippen LogP contribution in [-0.2, 0) is 19.1 Å². The second kappa shape index (κ2) is 5.78. The van der Waals surface area contributed by atoms with Crippen molar-refractivity contribution in [3.63, 3.8) is 0 Å². The summed E-state index contributed by atoms with van der Waals surface area (Å²) in [7, 11) is 1.16. The van der Waals surface area contributed by atoms with Gasteiger partial charge in [0.15, 0.2) is 11.3 Å². The largest absolute Gasteiger partial charge is 0.464 e. The SMILES string of the molecule is COC(=O)C1=NN(N=O)[C@]2(CC(=O)N(c3cccc(Br)c3)C2=O)C1. The fraction of sp³-hybridized carbons (Fsp3) is 0.286. The third kappa shape index (κ3) is 2.30. The van der Waals surface area contributed by atoms with Crippen LogP contribution in [0.2, 0.25) is 0 Å². The predicted molar refractivity (Wildman–Crippen MR) is 85.7 cm³/mol. The molecule has 0 aromatic heterocycles. The first-order valence-electron chi connectivity index (χ1n) is 6.85. The summed E-state index contributed by atoms with van der Waals surface area (Å²) in [5, 5.41) is 7.02. The van der Waals surface area contributed by atoms with Crippen LogP contribution in [0.25, 0.3) is 0 Å². The zero-order valence-corrected chi connectivity index (χ0v) is 14.0. The van der Waals surface area contributed by atoms with E-state index < -0.39 is 23.3 Å². The number of nitroso groups, excluding NO2 is 1. The van der Waals surface area contributed by atoms with Gasteiger partial charge in [0.05, 0.1) is 24.5 Å². The Kier molecular flexibility index (Phi) is 3.91. The number of hydrogen-bond acceptors (Lipinski definition) is 7. The van der Waals surface area contributed by atoms with Crippen LogP contribution in [0.15, 0.2) is 39.1 Å². The maximum atomic E-state index is 12.9. The van der Waals surface area contributed by atoms with Gasteiger partial charge in [-0.05, 0) is 18.2 Å². The molecular weight excluding hydrogens is 384 g/mol. The number of carbonyl (C=O) groups excluding carboxylic acids is 3. The van der Waals surface area contributed by atoms with Crippen molar-refractivity contribution in [3.05, 3.63) is 33.6 Å². The van der Waals surface area contributed by atoms with E-state index in [0.717, 1.165) is 12.0 Å². The van der Waals surface area contributed by atoms with Gasteiger partial charge < -0.3 is 4.74 Å². The Balaban J connectivity index is 1.99. The summed E-state index contributed by atoms with van der Waals surface area (Å²) in [4.78, 5) is 49.1. The van der Waals surface area contributed by atoms with E-state index in [1.807, 2.05) is 0 Å². The van der Waals surface area contributed by atoms with Crippen LogP contribution in [0.4, 0.5) is 5.69 Å². The lowest BCUT2D eigenvalue weighted by atomic mass is 9.92. The summed E-state index contributed by atoms with van der Waals surface area (Å²) in [6, 6.07) is 6.61. The number of amides is 2. The van der Waals surface area contributed by atoms with Crippen molar-refractivity contribution in [2.75, 3.05) is 12.0 Å². The summed E-state index contributed by atoms with van der Waals surface area (Å²) in [5.74, 6) is -1.94. The number of methoxy groups -OCH3 is 1. The van der Waals surface area contributed by atoms with E-state index in [-0.39, 0.29) is 18.6 Å². The molecule has 2 aliphatic rings. The number of carbonyl (C=O) groups is 3. The van der Waals surface area contributed by atoms with Crippen molar-refractivity contribution < 1.29 is 19.1 Å².